The van der Waals surface area contributed by atoms with Crippen molar-refractivity contribution in [3.05, 3.63) is 23.8 Å². The van der Waals surface area contributed by atoms with Crippen LogP contribution in [0.25, 0.3) is 0 Å². The van der Waals surface area contributed by atoms with Crippen molar-refractivity contribution < 1.29 is 13.6 Å². The first-order chi connectivity index (χ1) is 9.50. The summed E-state index contributed by atoms with van der Waals surface area (Å²) in [6.45, 7) is 2.61. The van der Waals surface area contributed by atoms with Gasteiger partial charge in [-0.1, -0.05) is 6.92 Å². The fourth-order valence-corrected chi connectivity index (χ4v) is 3.15. The second-order valence-corrected chi connectivity index (χ2v) is 6.08. The molecule has 3 rings (SSSR count). The second kappa shape index (κ2) is 4.72. The van der Waals surface area contributed by atoms with E-state index >= 15 is 0 Å². The van der Waals surface area contributed by atoms with Gasteiger partial charge in [-0.05, 0) is 37.7 Å². The molecule has 1 aromatic rings. The number of hydrogen-bond acceptors (Lipinski definition) is 2. The molecule has 1 aliphatic carbocycles. The summed E-state index contributed by atoms with van der Waals surface area (Å²) in [5, 5.41) is 5.70. The molecule has 0 aromatic heterocycles. The van der Waals surface area contributed by atoms with Gasteiger partial charge in [0.05, 0.1) is 11.1 Å². The molecule has 20 heavy (non-hydrogen) atoms. The standard InChI is InChI=1S/C15H18F2N2O/c1-9-2-4-15(5-3-9)8-18-12-7-10(16)6-11(17)13(12)19-14(15)20/h6-7,9,18H,2-5,8H2,1H3,(H,19,20). The van der Waals surface area contributed by atoms with Crippen LogP contribution >= 0.6 is 0 Å². The molecule has 1 heterocycles. The number of nitrogens with one attached hydrogen (secondary N) is 2. The number of fused-ring (bicyclic) bond motifs is 1. The number of anilines is 2. The highest BCUT2D eigenvalue weighted by atomic mass is 19.1. The Morgan fingerprint density at radius 1 is 1.25 bits per heavy atom. The quantitative estimate of drug-likeness (QED) is 0.763. The topological polar surface area (TPSA) is 41.1 Å². The Bertz CT molecular complexity index is 551. The molecule has 1 aromatic carbocycles. The summed E-state index contributed by atoms with van der Waals surface area (Å²) >= 11 is 0. The van der Waals surface area contributed by atoms with Crippen molar-refractivity contribution in [2.45, 2.75) is 32.6 Å². The first-order valence-corrected chi connectivity index (χ1v) is 7.04. The fourth-order valence-electron chi connectivity index (χ4n) is 3.15. The van der Waals surface area contributed by atoms with Gasteiger partial charge in [-0.3, -0.25) is 4.79 Å². The van der Waals surface area contributed by atoms with E-state index in [4.69, 9.17) is 0 Å². The molecular formula is C15H18F2N2O. The molecule has 0 bridgehead atoms. The van der Waals surface area contributed by atoms with Crippen molar-refractivity contribution >= 4 is 17.3 Å². The zero-order valence-electron chi connectivity index (χ0n) is 11.4. The van der Waals surface area contributed by atoms with E-state index in [0.29, 0.717) is 18.2 Å². The fraction of sp³-hybridized carbons (Fsp3) is 0.533. The smallest absolute Gasteiger partial charge is 0.232 e. The van der Waals surface area contributed by atoms with E-state index in [0.717, 1.165) is 31.7 Å². The van der Waals surface area contributed by atoms with E-state index in [9.17, 15) is 13.6 Å². The molecule has 1 fully saturated rings. The van der Waals surface area contributed by atoms with Crippen LogP contribution < -0.4 is 10.6 Å². The van der Waals surface area contributed by atoms with E-state index in [1.54, 1.807) is 0 Å². The van der Waals surface area contributed by atoms with Crippen molar-refractivity contribution in [3.63, 3.8) is 0 Å². The van der Waals surface area contributed by atoms with E-state index in [2.05, 4.69) is 17.6 Å². The van der Waals surface area contributed by atoms with E-state index < -0.39 is 17.0 Å². The van der Waals surface area contributed by atoms with Crippen LogP contribution in [-0.4, -0.2) is 12.5 Å². The normalized spacial score (nSPS) is 29.4. The van der Waals surface area contributed by atoms with Gasteiger partial charge in [0.1, 0.15) is 11.5 Å². The lowest BCUT2D eigenvalue weighted by Gasteiger charge is -2.36. The molecule has 0 atom stereocenters. The van der Waals surface area contributed by atoms with Crippen LogP contribution in [0.5, 0.6) is 0 Å². The first-order valence-electron chi connectivity index (χ1n) is 7.04. The highest BCUT2D eigenvalue weighted by Crippen LogP contribution is 2.43. The third-order valence-electron chi connectivity index (χ3n) is 4.62. The molecule has 1 saturated carbocycles. The van der Waals surface area contributed by atoms with Crippen LogP contribution in [0, 0.1) is 23.0 Å². The van der Waals surface area contributed by atoms with E-state index in [-0.39, 0.29) is 11.6 Å². The number of halogens is 2. The molecule has 2 aliphatic rings. The van der Waals surface area contributed by atoms with Gasteiger partial charge in [0, 0.05) is 12.6 Å². The van der Waals surface area contributed by atoms with E-state index in [1.165, 1.54) is 6.07 Å². The Morgan fingerprint density at radius 3 is 2.65 bits per heavy atom. The molecule has 0 saturated heterocycles. The number of rotatable bonds is 0. The van der Waals surface area contributed by atoms with Gasteiger partial charge in [-0.15, -0.1) is 0 Å². The van der Waals surface area contributed by atoms with Crippen molar-refractivity contribution in [3.8, 4) is 0 Å². The molecule has 108 valence electrons. The predicted octanol–water partition coefficient (Wildman–Crippen LogP) is 3.53. The van der Waals surface area contributed by atoms with Crippen LogP contribution in [0.2, 0.25) is 0 Å². The van der Waals surface area contributed by atoms with Crippen LogP contribution in [0.1, 0.15) is 32.6 Å². The third-order valence-corrected chi connectivity index (χ3v) is 4.62. The number of amides is 1. The third kappa shape index (κ3) is 2.15. The highest BCUT2D eigenvalue weighted by Gasteiger charge is 2.43. The molecule has 1 spiro atoms. The molecule has 1 aliphatic heterocycles. The first kappa shape index (κ1) is 13.3. The summed E-state index contributed by atoms with van der Waals surface area (Å²) in [6.07, 6.45) is 3.54. The zero-order valence-corrected chi connectivity index (χ0v) is 11.4. The largest absolute Gasteiger partial charge is 0.382 e. The minimum atomic E-state index is -0.734. The van der Waals surface area contributed by atoms with Gasteiger partial charge in [0.15, 0.2) is 5.82 Å². The minimum absolute atomic E-state index is 0.0619. The molecule has 3 nitrogen and oxygen atoms in total. The summed E-state index contributed by atoms with van der Waals surface area (Å²) in [6, 6.07) is 2.02. The highest BCUT2D eigenvalue weighted by molar-refractivity contribution is 6.00. The van der Waals surface area contributed by atoms with E-state index in [1.807, 2.05) is 0 Å². The summed E-state index contributed by atoms with van der Waals surface area (Å²) in [4.78, 5) is 12.5. The average molecular weight is 280 g/mol. The number of carbonyl (C=O) groups is 1. The lowest BCUT2D eigenvalue weighted by molar-refractivity contribution is -0.127. The Balaban J connectivity index is 1.92. The SMILES string of the molecule is CC1CCC2(CC1)CNc1cc(F)cc(F)c1NC2=O. The number of hydrogen-bond donors (Lipinski definition) is 2. The number of benzene rings is 1. The van der Waals surface area contributed by atoms with Crippen molar-refractivity contribution in [2.75, 3.05) is 17.2 Å². The molecular weight excluding hydrogens is 262 g/mol. The summed E-state index contributed by atoms with van der Waals surface area (Å²) in [5.41, 5.74) is -0.118. The monoisotopic (exact) mass is 280 g/mol. The lowest BCUT2D eigenvalue weighted by atomic mass is 9.70. The van der Waals surface area contributed by atoms with Crippen LogP contribution in [0.15, 0.2) is 12.1 Å². The van der Waals surface area contributed by atoms with Gasteiger partial charge in [0.2, 0.25) is 5.91 Å². The van der Waals surface area contributed by atoms with Gasteiger partial charge >= 0.3 is 0 Å². The Morgan fingerprint density at radius 2 is 1.95 bits per heavy atom. The zero-order chi connectivity index (χ0) is 14.3. The van der Waals surface area contributed by atoms with Crippen molar-refractivity contribution in [1.29, 1.82) is 0 Å². The summed E-state index contributed by atoms with van der Waals surface area (Å²) in [5.74, 6) is -0.910. The summed E-state index contributed by atoms with van der Waals surface area (Å²) in [7, 11) is 0. The number of carbonyl (C=O) groups excluding carboxylic acids is 1. The van der Waals surface area contributed by atoms with Gasteiger partial charge in [0.25, 0.3) is 0 Å². The lowest BCUT2D eigenvalue weighted by Crippen LogP contribution is -2.42. The minimum Gasteiger partial charge on any atom is -0.382 e. The maximum absolute atomic E-state index is 13.8. The molecule has 2 N–H and O–H groups in total. The van der Waals surface area contributed by atoms with Crippen molar-refractivity contribution in [1.82, 2.24) is 0 Å². The maximum Gasteiger partial charge on any atom is 0.232 e. The maximum atomic E-state index is 13.8. The molecule has 0 radical (unpaired) electrons. The van der Waals surface area contributed by atoms with Crippen molar-refractivity contribution in [2.24, 2.45) is 11.3 Å². The Hall–Kier alpha value is -1.65. The molecule has 1 amide bonds. The summed E-state index contributed by atoms with van der Waals surface area (Å²) < 4.78 is 27.1. The Kier molecular flexibility index (Phi) is 3.15. The van der Waals surface area contributed by atoms with Crippen LogP contribution in [0.3, 0.4) is 0 Å². The molecule has 0 unspecified atom stereocenters. The van der Waals surface area contributed by atoms with Gasteiger partial charge in [-0.25, -0.2) is 8.78 Å². The predicted molar refractivity (Wildman–Crippen MR) is 73.5 cm³/mol. The Labute approximate surface area is 116 Å². The van der Waals surface area contributed by atoms with Gasteiger partial charge < -0.3 is 10.6 Å². The average Bonchev–Trinajstić information content (AvgIpc) is 2.53. The van der Waals surface area contributed by atoms with Crippen LogP contribution in [0.4, 0.5) is 20.2 Å². The van der Waals surface area contributed by atoms with Crippen LogP contribution in [-0.2, 0) is 4.79 Å². The van der Waals surface area contributed by atoms with Gasteiger partial charge in [-0.2, -0.15) is 0 Å². The molecule has 5 heteroatoms. The second-order valence-electron chi connectivity index (χ2n) is 6.08.